The van der Waals surface area contributed by atoms with E-state index < -0.39 is 11.6 Å². The molecule has 3 N–H and O–H groups in total. The average molecular weight is 293 g/mol. The van der Waals surface area contributed by atoms with Gasteiger partial charge < -0.3 is 15.5 Å². The summed E-state index contributed by atoms with van der Waals surface area (Å²) in [6, 6.07) is 5.77. The molecule has 0 spiro atoms. The number of amides is 1. The number of hydrogen-bond donors (Lipinski definition) is 3. The summed E-state index contributed by atoms with van der Waals surface area (Å²) >= 11 is 1.46. The number of carbonyl (C=O) groups is 2. The van der Waals surface area contributed by atoms with Crippen molar-refractivity contribution in [1.82, 2.24) is 5.32 Å². The minimum Gasteiger partial charge on any atom is -0.479 e. The molecule has 2 rings (SSSR count). The predicted molar refractivity (Wildman–Crippen MR) is 77.2 cm³/mol. The van der Waals surface area contributed by atoms with Crippen molar-refractivity contribution < 1.29 is 19.8 Å². The Labute approximate surface area is 119 Å². The molecule has 0 radical (unpaired) electrons. The van der Waals surface area contributed by atoms with Gasteiger partial charge in [-0.05, 0) is 25.5 Å². The summed E-state index contributed by atoms with van der Waals surface area (Å²) in [5, 5.41) is 23.4. The number of fused-ring (bicyclic) bond motifs is 1. The lowest BCUT2D eigenvalue weighted by Gasteiger charge is -2.18. The van der Waals surface area contributed by atoms with Crippen molar-refractivity contribution in [2.24, 2.45) is 0 Å². The van der Waals surface area contributed by atoms with Gasteiger partial charge in [0.15, 0.2) is 5.60 Å². The molecule has 106 valence electrons. The van der Waals surface area contributed by atoms with Gasteiger partial charge in [-0.15, -0.1) is 11.3 Å². The highest BCUT2D eigenvalue weighted by atomic mass is 32.1. The Morgan fingerprint density at radius 2 is 2.10 bits per heavy atom. The Morgan fingerprint density at radius 3 is 2.75 bits per heavy atom. The molecular formula is C14H15NO4S. The third kappa shape index (κ3) is 2.81. The zero-order chi connectivity index (χ0) is 14.9. The van der Waals surface area contributed by atoms with E-state index in [4.69, 9.17) is 5.11 Å². The second-order valence-electron chi connectivity index (χ2n) is 4.91. The van der Waals surface area contributed by atoms with Gasteiger partial charge in [0.2, 0.25) is 0 Å². The standard InChI is InChI=1S/C14H15NO4S/c1-8-3-4-9-10(6-20-11(9)5-8)12(16)15-7-14(2,19)13(17)18/h3-6,19H,7H2,1-2H3,(H,15,16)(H,17,18). The van der Waals surface area contributed by atoms with Crippen LogP contribution in [-0.4, -0.2) is 34.2 Å². The van der Waals surface area contributed by atoms with Crippen LogP contribution in [0.4, 0.5) is 0 Å². The lowest BCUT2D eigenvalue weighted by molar-refractivity contribution is -0.155. The number of rotatable bonds is 4. The SMILES string of the molecule is Cc1ccc2c(C(=O)NCC(C)(O)C(=O)O)csc2c1. The number of hydrogen-bond acceptors (Lipinski definition) is 4. The fourth-order valence-corrected chi connectivity index (χ4v) is 2.77. The zero-order valence-electron chi connectivity index (χ0n) is 11.1. The van der Waals surface area contributed by atoms with Crippen LogP contribution in [0.2, 0.25) is 0 Å². The first-order valence-electron chi connectivity index (χ1n) is 6.03. The van der Waals surface area contributed by atoms with Crippen LogP contribution in [0.25, 0.3) is 10.1 Å². The molecule has 0 bridgehead atoms. The van der Waals surface area contributed by atoms with E-state index in [0.29, 0.717) is 5.56 Å². The first-order valence-corrected chi connectivity index (χ1v) is 6.91. The van der Waals surface area contributed by atoms with E-state index in [1.807, 2.05) is 25.1 Å². The highest BCUT2D eigenvalue weighted by molar-refractivity contribution is 7.17. The molecule has 0 aliphatic heterocycles. The van der Waals surface area contributed by atoms with Crippen LogP contribution in [0.3, 0.4) is 0 Å². The summed E-state index contributed by atoms with van der Waals surface area (Å²) in [4.78, 5) is 22.8. The third-order valence-electron chi connectivity index (χ3n) is 3.03. The number of carbonyl (C=O) groups excluding carboxylic acids is 1. The van der Waals surface area contributed by atoms with Gasteiger partial charge in [-0.2, -0.15) is 0 Å². The van der Waals surface area contributed by atoms with E-state index in [1.54, 1.807) is 5.38 Å². The Kier molecular flexibility index (Phi) is 3.78. The summed E-state index contributed by atoms with van der Waals surface area (Å²) in [5.74, 6) is -1.76. The highest BCUT2D eigenvalue weighted by Gasteiger charge is 2.30. The van der Waals surface area contributed by atoms with Gasteiger partial charge in [-0.25, -0.2) is 4.79 Å². The maximum absolute atomic E-state index is 12.1. The van der Waals surface area contributed by atoms with Crippen LogP contribution < -0.4 is 5.32 Å². The summed E-state index contributed by atoms with van der Waals surface area (Å²) in [7, 11) is 0. The Hall–Kier alpha value is -1.92. The molecule has 1 unspecified atom stereocenters. The largest absolute Gasteiger partial charge is 0.479 e. The van der Waals surface area contributed by atoms with Crippen molar-refractivity contribution in [3.8, 4) is 0 Å². The molecule has 5 nitrogen and oxygen atoms in total. The highest BCUT2D eigenvalue weighted by Crippen LogP contribution is 2.26. The number of carboxylic acids is 1. The number of aliphatic carboxylic acids is 1. The van der Waals surface area contributed by atoms with Crippen molar-refractivity contribution in [3.63, 3.8) is 0 Å². The lowest BCUT2D eigenvalue weighted by atomic mass is 10.1. The van der Waals surface area contributed by atoms with Crippen molar-refractivity contribution in [3.05, 3.63) is 34.7 Å². The van der Waals surface area contributed by atoms with Gasteiger partial charge in [-0.3, -0.25) is 4.79 Å². The molecule has 2 aromatic rings. The molecule has 1 atom stereocenters. The van der Waals surface area contributed by atoms with E-state index >= 15 is 0 Å². The number of nitrogens with one attached hydrogen (secondary N) is 1. The van der Waals surface area contributed by atoms with Gasteiger partial charge in [0.25, 0.3) is 5.91 Å². The molecular weight excluding hydrogens is 278 g/mol. The third-order valence-corrected chi connectivity index (χ3v) is 3.97. The Balaban J connectivity index is 2.18. The summed E-state index contributed by atoms with van der Waals surface area (Å²) in [6.45, 7) is 2.78. The van der Waals surface area contributed by atoms with Crippen LogP contribution >= 0.6 is 11.3 Å². The number of aryl methyl sites for hydroxylation is 1. The maximum atomic E-state index is 12.1. The van der Waals surface area contributed by atoms with Crippen LogP contribution in [0.1, 0.15) is 22.8 Å². The molecule has 1 aromatic carbocycles. The first kappa shape index (κ1) is 14.5. The van der Waals surface area contributed by atoms with Gasteiger partial charge in [0.1, 0.15) is 0 Å². The monoisotopic (exact) mass is 293 g/mol. The van der Waals surface area contributed by atoms with Gasteiger partial charge >= 0.3 is 5.97 Å². The second-order valence-corrected chi connectivity index (χ2v) is 5.82. The van der Waals surface area contributed by atoms with E-state index in [0.717, 1.165) is 22.6 Å². The van der Waals surface area contributed by atoms with E-state index in [1.165, 1.54) is 11.3 Å². The lowest BCUT2D eigenvalue weighted by Crippen LogP contribution is -2.46. The molecule has 6 heteroatoms. The first-order chi connectivity index (χ1) is 9.31. The van der Waals surface area contributed by atoms with Crippen LogP contribution in [-0.2, 0) is 4.79 Å². The summed E-state index contributed by atoms with van der Waals surface area (Å²) in [6.07, 6.45) is 0. The topological polar surface area (TPSA) is 86.6 Å². The van der Waals surface area contributed by atoms with E-state index in [9.17, 15) is 14.7 Å². The van der Waals surface area contributed by atoms with Crippen LogP contribution in [0.5, 0.6) is 0 Å². The smallest absolute Gasteiger partial charge is 0.337 e. The van der Waals surface area contributed by atoms with Crippen LogP contribution in [0.15, 0.2) is 23.6 Å². The van der Waals surface area contributed by atoms with Gasteiger partial charge in [0.05, 0.1) is 12.1 Å². The van der Waals surface area contributed by atoms with E-state index in [2.05, 4.69) is 5.32 Å². The molecule has 0 aliphatic rings. The average Bonchev–Trinajstić information content (AvgIpc) is 2.78. The fraction of sp³-hybridized carbons (Fsp3) is 0.286. The number of benzene rings is 1. The fourth-order valence-electron chi connectivity index (χ4n) is 1.73. The minimum absolute atomic E-state index is 0.343. The van der Waals surface area contributed by atoms with Crippen molar-refractivity contribution in [2.75, 3.05) is 6.54 Å². The second kappa shape index (κ2) is 5.22. The Morgan fingerprint density at radius 1 is 1.40 bits per heavy atom. The zero-order valence-corrected chi connectivity index (χ0v) is 12.0. The van der Waals surface area contributed by atoms with Crippen molar-refractivity contribution in [2.45, 2.75) is 19.4 Å². The molecule has 0 aliphatic carbocycles. The molecule has 0 fully saturated rings. The number of aliphatic hydroxyl groups is 1. The molecule has 20 heavy (non-hydrogen) atoms. The quantitative estimate of drug-likeness (QED) is 0.802. The molecule has 1 heterocycles. The molecule has 0 saturated heterocycles. The van der Waals surface area contributed by atoms with E-state index in [-0.39, 0.29) is 12.5 Å². The molecule has 0 saturated carbocycles. The summed E-state index contributed by atoms with van der Waals surface area (Å²) in [5.41, 5.74) is -0.371. The maximum Gasteiger partial charge on any atom is 0.337 e. The summed E-state index contributed by atoms with van der Waals surface area (Å²) < 4.78 is 1.00. The molecule has 1 amide bonds. The Bertz CT molecular complexity index is 675. The minimum atomic E-state index is -1.97. The van der Waals surface area contributed by atoms with Gasteiger partial charge in [-0.1, -0.05) is 12.1 Å². The number of thiophene rings is 1. The van der Waals surface area contributed by atoms with Crippen LogP contribution in [0, 0.1) is 6.92 Å². The predicted octanol–water partition coefficient (Wildman–Crippen LogP) is 1.78. The van der Waals surface area contributed by atoms with Gasteiger partial charge in [0, 0.05) is 15.5 Å². The molecule has 1 aromatic heterocycles. The van der Waals surface area contributed by atoms with Crippen molar-refractivity contribution in [1.29, 1.82) is 0 Å². The normalized spacial score (nSPS) is 13.9. The number of carboxylic acid groups (broad SMARTS) is 1. The van der Waals surface area contributed by atoms with Crippen molar-refractivity contribution >= 4 is 33.3 Å².